The number of nitrogens with two attached hydrogens (primary N) is 1. The highest BCUT2D eigenvalue weighted by Crippen LogP contribution is 2.25. The lowest BCUT2D eigenvalue weighted by Crippen LogP contribution is -2.58. The summed E-state index contributed by atoms with van der Waals surface area (Å²) in [6, 6.07) is 0. The largest absolute Gasteiger partial charge is 0.340 e. The molecule has 0 aromatic heterocycles. The van der Waals surface area contributed by atoms with E-state index in [0.29, 0.717) is 18.4 Å². The molecule has 2 aliphatic rings. The summed E-state index contributed by atoms with van der Waals surface area (Å²) in [6.45, 7) is 8.72. The number of amides is 1. The van der Waals surface area contributed by atoms with Gasteiger partial charge in [0.1, 0.15) is 0 Å². The Kier molecular flexibility index (Phi) is 5.44. The first-order chi connectivity index (χ1) is 9.54. The first kappa shape index (κ1) is 15.8. The molecule has 0 bridgehead atoms. The van der Waals surface area contributed by atoms with E-state index in [4.69, 9.17) is 5.73 Å². The quantitative estimate of drug-likeness (QED) is 0.803. The monoisotopic (exact) mass is 281 g/mol. The molecule has 0 atom stereocenters. The number of hydrogen-bond donors (Lipinski definition) is 1. The molecule has 1 amide bonds. The normalized spacial score (nSPS) is 23.6. The smallest absolute Gasteiger partial charge is 0.225 e. The molecule has 116 valence electrons. The van der Waals surface area contributed by atoms with Gasteiger partial charge in [0.05, 0.1) is 0 Å². The van der Waals surface area contributed by atoms with Crippen molar-refractivity contribution in [1.82, 2.24) is 9.80 Å². The van der Waals surface area contributed by atoms with Crippen molar-refractivity contribution >= 4 is 5.91 Å². The van der Waals surface area contributed by atoms with Crippen molar-refractivity contribution in [1.29, 1.82) is 0 Å². The van der Waals surface area contributed by atoms with Gasteiger partial charge >= 0.3 is 0 Å². The van der Waals surface area contributed by atoms with E-state index in [2.05, 4.69) is 23.6 Å². The van der Waals surface area contributed by atoms with Gasteiger partial charge < -0.3 is 10.6 Å². The summed E-state index contributed by atoms with van der Waals surface area (Å²) in [6.07, 6.45) is 7.29. The maximum absolute atomic E-state index is 12.6. The number of carbonyl (C=O) groups is 1. The predicted octanol–water partition coefficient (Wildman–Crippen LogP) is 1.84. The molecule has 0 spiro atoms. The van der Waals surface area contributed by atoms with Gasteiger partial charge in [-0.05, 0) is 26.7 Å². The van der Waals surface area contributed by atoms with Crippen LogP contribution in [0.2, 0.25) is 0 Å². The van der Waals surface area contributed by atoms with Gasteiger partial charge in [0.2, 0.25) is 5.91 Å². The Morgan fingerprint density at radius 3 is 2.10 bits per heavy atom. The van der Waals surface area contributed by atoms with Crippen molar-refractivity contribution in [2.75, 3.05) is 32.7 Å². The fourth-order valence-corrected chi connectivity index (χ4v) is 3.45. The lowest BCUT2D eigenvalue weighted by molar-refractivity contribution is -0.138. The number of hydrogen-bond acceptors (Lipinski definition) is 3. The summed E-state index contributed by atoms with van der Waals surface area (Å²) < 4.78 is 0. The van der Waals surface area contributed by atoms with E-state index < -0.39 is 0 Å². The predicted molar refractivity (Wildman–Crippen MR) is 82.5 cm³/mol. The van der Waals surface area contributed by atoms with Crippen LogP contribution in [0.1, 0.15) is 52.4 Å². The lowest BCUT2D eigenvalue weighted by atomic mass is 9.97. The Morgan fingerprint density at radius 1 is 1.05 bits per heavy atom. The number of rotatable bonds is 3. The SMILES string of the molecule is CC(C)(CN)N1CCN(C(=O)C2CCCCCC2)CC1. The Balaban J connectivity index is 1.85. The first-order valence-corrected chi connectivity index (χ1v) is 8.28. The minimum Gasteiger partial charge on any atom is -0.340 e. The molecule has 0 aromatic carbocycles. The van der Waals surface area contributed by atoms with Crippen molar-refractivity contribution < 1.29 is 4.79 Å². The van der Waals surface area contributed by atoms with Crippen LogP contribution in [0.4, 0.5) is 0 Å². The summed E-state index contributed by atoms with van der Waals surface area (Å²) in [5, 5.41) is 0. The van der Waals surface area contributed by atoms with E-state index in [0.717, 1.165) is 39.0 Å². The average molecular weight is 281 g/mol. The maximum Gasteiger partial charge on any atom is 0.225 e. The average Bonchev–Trinajstić information content (AvgIpc) is 2.75. The molecule has 1 aliphatic carbocycles. The van der Waals surface area contributed by atoms with E-state index in [9.17, 15) is 4.79 Å². The Hall–Kier alpha value is -0.610. The van der Waals surface area contributed by atoms with Gasteiger partial charge in [-0.2, -0.15) is 0 Å². The highest BCUT2D eigenvalue weighted by Gasteiger charge is 2.32. The van der Waals surface area contributed by atoms with Crippen molar-refractivity contribution in [3.63, 3.8) is 0 Å². The van der Waals surface area contributed by atoms with E-state index in [1.165, 1.54) is 25.7 Å². The zero-order chi connectivity index (χ0) is 14.6. The van der Waals surface area contributed by atoms with Gasteiger partial charge in [-0.1, -0.05) is 25.7 Å². The number of carbonyl (C=O) groups excluding carboxylic acids is 1. The van der Waals surface area contributed by atoms with Crippen LogP contribution in [-0.4, -0.2) is 54.0 Å². The van der Waals surface area contributed by atoms with Crippen LogP contribution in [0.5, 0.6) is 0 Å². The van der Waals surface area contributed by atoms with Gasteiger partial charge in [-0.3, -0.25) is 9.69 Å². The molecule has 1 saturated heterocycles. The molecule has 4 nitrogen and oxygen atoms in total. The van der Waals surface area contributed by atoms with Crippen molar-refractivity contribution in [3.05, 3.63) is 0 Å². The van der Waals surface area contributed by atoms with Crippen LogP contribution < -0.4 is 5.73 Å². The van der Waals surface area contributed by atoms with Gasteiger partial charge in [-0.15, -0.1) is 0 Å². The second-order valence-electron chi connectivity index (χ2n) is 7.02. The molecular formula is C16H31N3O. The van der Waals surface area contributed by atoms with Crippen LogP contribution in [0.15, 0.2) is 0 Å². The number of piperazine rings is 1. The highest BCUT2D eigenvalue weighted by molar-refractivity contribution is 5.79. The van der Waals surface area contributed by atoms with E-state index in [-0.39, 0.29) is 5.54 Å². The summed E-state index contributed by atoms with van der Waals surface area (Å²) in [4.78, 5) is 17.1. The van der Waals surface area contributed by atoms with Crippen LogP contribution in [0, 0.1) is 5.92 Å². The van der Waals surface area contributed by atoms with E-state index >= 15 is 0 Å². The molecule has 1 saturated carbocycles. The molecule has 2 fully saturated rings. The first-order valence-electron chi connectivity index (χ1n) is 8.28. The fourth-order valence-electron chi connectivity index (χ4n) is 3.45. The molecule has 20 heavy (non-hydrogen) atoms. The Morgan fingerprint density at radius 2 is 1.60 bits per heavy atom. The summed E-state index contributed by atoms with van der Waals surface area (Å²) >= 11 is 0. The maximum atomic E-state index is 12.6. The molecule has 0 unspecified atom stereocenters. The van der Waals surface area contributed by atoms with Crippen molar-refractivity contribution in [2.24, 2.45) is 11.7 Å². The second-order valence-corrected chi connectivity index (χ2v) is 7.02. The minimum atomic E-state index is 0.0530. The molecule has 1 aliphatic heterocycles. The summed E-state index contributed by atoms with van der Waals surface area (Å²) in [7, 11) is 0. The van der Waals surface area contributed by atoms with E-state index in [1.807, 2.05) is 0 Å². The standard InChI is InChI=1S/C16H31N3O/c1-16(2,13-17)19-11-9-18(10-12-19)15(20)14-7-5-3-4-6-8-14/h14H,3-13,17H2,1-2H3. The number of nitrogens with zero attached hydrogens (tertiary/aromatic N) is 2. The molecule has 2 rings (SSSR count). The third-order valence-corrected chi connectivity index (χ3v) is 5.15. The van der Waals surface area contributed by atoms with Crippen molar-refractivity contribution in [2.45, 2.75) is 57.9 Å². The second kappa shape index (κ2) is 6.90. The zero-order valence-corrected chi connectivity index (χ0v) is 13.2. The van der Waals surface area contributed by atoms with Crippen LogP contribution in [0.25, 0.3) is 0 Å². The minimum absolute atomic E-state index is 0.0530. The van der Waals surface area contributed by atoms with E-state index in [1.54, 1.807) is 0 Å². The highest BCUT2D eigenvalue weighted by atomic mass is 16.2. The van der Waals surface area contributed by atoms with Crippen LogP contribution in [-0.2, 0) is 4.79 Å². The van der Waals surface area contributed by atoms with Gasteiger partial charge in [0.15, 0.2) is 0 Å². The molecule has 1 heterocycles. The van der Waals surface area contributed by atoms with Gasteiger partial charge in [0, 0.05) is 44.2 Å². The fraction of sp³-hybridized carbons (Fsp3) is 0.938. The third-order valence-electron chi connectivity index (χ3n) is 5.15. The Bertz CT molecular complexity index is 314. The summed E-state index contributed by atoms with van der Waals surface area (Å²) in [5.74, 6) is 0.712. The molecule has 4 heteroatoms. The lowest BCUT2D eigenvalue weighted by Gasteiger charge is -2.44. The molecule has 0 aromatic rings. The van der Waals surface area contributed by atoms with Crippen LogP contribution in [0.3, 0.4) is 0 Å². The zero-order valence-electron chi connectivity index (χ0n) is 13.2. The van der Waals surface area contributed by atoms with Crippen LogP contribution >= 0.6 is 0 Å². The summed E-state index contributed by atoms with van der Waals surface area (Å²) in [5.41, 5.74) is 5.90. The Labute approximate surface area is 123 Å². The van der Waals surface area contributed by atoms with Crippen molar-refractivity contribution in [3.8, 4) is 0 Å². The van der Waals surface area contributed by atoms with Gasteiger partial charge in [0.25, 0.3) is 0 Å². The molecular weight excluding hydrogens is 250 g/mol. The molecule has 0 radical (unpaired) electrons. The third kappa shape index (κ3) is 3.73. The van der Waals surface area contributed by atoms with Gasteiger partial charge in [-0.25, -0.2) is 0 Å². The topological polar surface area (TPSA) is 49.6 Å². The molecule has 2 N–H and O–H groups in total.